The van der Waals surface area contributed by atoms with Gasteiger partial charge in [0.1, 0.15) is 30.0 Å². The van der Waals surface area contributed by atoms with E-state index in [-0.39, 0.29) is 18.7 Å². The van der Waals surface area contributed by atoms with E-state index in [1.165, 1.54) is 24.1 Å². The van der Waals surface area contributed by atoms with E-state index in [9.17, 15) is 24.3 Å². The summed E-state index contributed by atoms with van der Waals surface area (Å²) in [6.45, 7) is 10.8. The molecule has 0 saturated carbocycles. The van der Waals surface area contributed by atoms with Crippen molar-refractivity contribution in [1.29, 1.82) is 0 Å². The molecule has 0 aliphatic heterocycles. The van der Waals surface area contributed by atoms with Gasteiger partial charge in [0.15, 0.2) is 0 Å². The molecule has 10 nitrogen and oxygen atoms in total. The summed E-state index contributed by atoms with van der Waals surface area (Å²) in [6, 6.07) is 12.5. The summed E-state index contributed by atoms with van der Waals surface area (Å²) in [4.78, 5) is 54.6. The van der Waals surface area contributed by atoms with Crippen LogP contribution in [0, 0.1) is 5.92 Å². The Bertz CT molecular complexity index is 1180. The average molecular weight is 584 g/mol. The predicted octanol–water partition coefficient (Wildman–Crippen LogP) is 4.51. The Morgan fingerprint density at radius 2 is 1.55 bits per heavy atom. The topological polar surface area (TPSA) is 134 Å². The van der Waals surface area contributed by atoms with Gasteiger partial charge in [-0.15, -0.1) is 0 Å². The number of rotatable bonds is 13. The molecule has 0 radical (unpaired) electrons. The molecule has 0 aliphatic carbocycles. The normalized spacial score (nSPS) is 13.4. The molecule has 0 aromatic heterocycles. The van der Waals surface area contributed by atoms with Crippen LogP contribution in [0.5, 0.6) is 5.75 Å². The highest BCUT2D eigenvalue weighted by molar-refractivity contribution is 5.93. The summed E-state index contributed by atoms with van der Waals surface area (Å²) >= 11 is 0. The summed E-state index contributed by atoms with van der Waals surface area (Å²) in [5, 5.41) is 15.1. The maximum Gasteiger partial charge on any atom is 0.408 e. The Morgan fingerprint density at radius 1 is 0.929 bits per heavy atom. The highest BCUT2D eigenvalue weighted by Gasteiger charge is 2.39. The van der Waals surface area contributed by atoms with Crippen LogP contribution in [0.4, 0.5) is 4.79 Å². The van der Waals surface area contributed by atoms with Crippen LogP contribution in [-0.4, -0.2) is 65.2 Å². The Hall–Kier alpha value is -4.08. The number of alkyl carbamates (subject to hydrolysis) is 1. The molecule has 3 atom stereocenters. The zero-order chi connectivity index (χ0) is 31.4. The third-order valence-corrected chi connectivity index (χ3v) is 6.53. The second-order valence-corrected chi connectivity index (χ2v) is 11.7. The molecule has 0 fully saturated rings. The smallest absolute Gasteiger partial charge is 0.408 e. The number of aromatic hydroxyl groups is 1. The van der Waals surface area contributed by atoms with Crippen LogP contribution in [0.15, 0.2) is 54.6 Å². The maximum absolute atomic E-state index is 14.6. The molecule has 2 aromatic rings. The number of ether oxygens (including phenoxy) is 2. The number of nitrogens with one attached hydrogen (secondary N) is 2. The van der Waals surface area contributed by atoms with Crippen LogP contribution in [0.25, 0.3) is 0 Å². The highest BCUT2D eigenvalue weighted by atomic mass is 16.6. The van der Waals surface area contributed by atoms with Crippen LogP contribution in [-0.2, 0) is 30.3 Å². The molecule has 2 rings (SSSR count). The minimum atomic E-state index is -1.11. The van der Waals surface area contributed by atoms with E-state index in [0.717, 1.165) is 6.42 Å². The zero-order valence-corrected chi connectivity index (χ0v) is 25.7. The minimum absolute atomic E-state index is 0.0667. The predicted molar refractivity (Wildman–Crippen MR) is 160 cm³/mol. The van der Waals surface area contributed by atoms with Gasteiger partial charge in [-0.2, -0.15) is 0 Å². The molecule has 0 saturated heterocycles. The Morgan fingerprint density at radius 3 is 2.10 bits per heavy atom. The molecule has 42 heavy (non-hydrogen) atoms. The van der Waals surface area contributed by atoms with Gasteiger partial charge in [-0.3, -0.25) is 14.4 Å². The van der Waals surface area contributed by atoms with Gasteiger partial charge in [-0.1, -0.05) is 56.3 Å². The molecule has 2 aromatic carbocycles. The SMILES string of the molecule is COC(=O)CNC(=O)C(c1ccccc1)N(C(=O)C(Cc1ccc(O)cc1)NC(=O)OC(C)(C)C)C(C)CCC(C)C. The van der Waals surface area contributed by atoms with Crippen LogP contribution in [0.2, 0.25) is 0 Å². The fourth-order valence-electron chi connectivity index (χ4n) is 4.41. The molecular weight excluding hydrogens is 538 g/mol. The van der Waals surface area contributed by atoms with Crippen molar-refractivity contribution in [2.75, 3.05) is 13.7 Å². The quantitative estimate of drug-likeness (QED) is 0.295. The second kappa shape index (κ2) is 15.8. The second-order valence-electron chi connectivity index (χ2n) is 11.7. The number of esters is 1. The minimum Gasteiger partial charge on any atom is -0.508 e. The number of carbonyl (C=O) groups excluding carboxylic acids is 4. The van der Waals surface area contributed by atoms with E-state index < -0.39 is 47.6 Å². The molecule has 3 unspecified atom stereocenters. The number of hydrogen-bond donors (Lipinski definition) is 3. The van der Waals surface area contributed by atoms with Crippen LogP contribution in [0.3, 0.4) is 0 Å². The number of phenolic OH excluding ortho intramolecular Hbond substituents is 1. The molecule has 3 amide bonds. The molecule has 230 valence electrons. The van der Waals surface area contributed by atoms with Crippen LogP contribution in [0.1, 0.15) is 71.6 Å². The average Bonchev–Trinajstić information content (AvgIpc) is 2.92. The van der Waals surface area contributed by atoms with E-state index in [0.29, 0.717) is 23.5 Å². The molecule has 3 N–H and O–H groups in total. The summed E-state index contributed by atoms with van der Waals surface area (Å²) < 4.78 is 10.2. The number of hydrogen-bond acceptors (Lipinski definition) is 7. The highest BCUT2D eigenvalue weighted by Crippen LogP contribution is 2.28. The summed E-state index contributed by atoms with van der Waals surface area (Å²) in [5.74, 6) is -1.26. The fraction of sp³-hybridized carbons (Fsp3) is 0.500. The molecule has 0 heterocycles. The van der Waals surface area contributed by atoms with Crippen molar-refractivity contribution in [3.05, 3.63) is 65.7 Å². The van der Waals surface area contributed by atoms with E-state index in [1.807, 2.05) is 6.92 Å². The van der Waals surface area contributed by atoms with Gasteiger partial charge < -0.3 is 30.1 Å². The third kappa shape index (κ3) is 11.1. The first kappa shape index (κ1) is 34.1. The van der Waals surface area contributed by atoms with Crippen molar-refractivity contribution in [3.8, 4) is 5.75 Å². The van der Waals surface area contributed by atoms with E-state index in [2.05, 4.69) is 29.2 Å². The number of amides is 3. The van der Waals surface area contributed by atoms with Gasteiger partial charge in [-0.25, -0.2) is 4.79 Å². The Balaban J connectivity index is 2.60. The number of nitrogens with zero attached hydrogens (tertiary/aromatic N) is 1. The lowest BCUT2D eigenvalue weighted by atomic mass is 9.96. The standard InChI is InChI=1S/C32H45N3O7/c1-21(2)13-14-22(3)35(28(24-11-9-8-10-12-24)29(38)33-20-27(37)41-7)30(39)26(34-31(40)42-32(4,5)6)19-23-15-17-25(36)18-16-23/h8-12,15-18,21-22,26,28,36H,13-14,19-20H2,1-7H3,(H,33,38)(H,34,40). The number of methoxy groups -OCH3 is 1. The van der Waals surface area contributed by atoms with Gasteiger partial charge in [0, 0.05) is 12.5 Å². The first-order valence-corrected chi connectivity index (χ1v) is 14.2. The molecule has 0 bridgehead atoms. The van der Waals surface area contributed by atoms with Crippen LogP contribution >= 0.6 is 0 Å². The first-order chi connectivity index (χ1) is 19.7. The number of benzene rings is 2. The van der Waals surface area contributed by atoms with Gasteiger partial charge in [0.25, 0.3) is 0 Å². The summed E-state index contributed by atoms with van der Waals surface area (Å²) in [5.41, 5.74) is 0.425. The van der Waals surface area contributed by atoms with Crippen molar-refractivity contribution in [2.24, 2.45) is 5.92 Å². The van der Waals surface area contributed by atoms with Crippen molar-refractivity contribution in [1.82, 2.24) is 15.5 Å². The molecule has 10 heteroatoms. The number of phenols is 1. The number of carbonyl (C=O) groups is 4. The Kier molecular flexibility index (Phi) is 12.8. The largest absolute Gasteiger partial charge is 0.508 e. The van der Waals surface area contributed by atoms with E-state index in [1.54, 1.807) is 63.2 Å². The fourth-order valence-corrected chi connectivity index (χ4v) is 4.41. The molecule has 0 spiro atoms. The lowest BCUT2D eigenvalue weighted by molar-refractivity contribution is -0.146. The maximum atomic E-state index is 14.6. The van der Waals surface area contributed by atoms with Crippen molar-refractivity contribution >= 4 is 23.9 Å². The monoisotopic (exact) mass is 583 g/mol. The Labute approximate surface area is 248 Å². The first-order valence-electron chi connectivity index (χ1n) is 14.2. The van der Waals surface area contributed by atoms with Gasteiger partial charge in [0.05, 0.1) is 7.11 Å². The molecule has 0 aliphatic rings. The third-order valence-electron chi connectivity index (χ3n) is 6.53. The summed E-state index contributed by atoms with van der Waals surface area (Å²) in [6.07, 6.45) is 0.686. The van der Waals surface area contributed by atoms with E-state index >= 15 is 0 Å². The van der Waals surface area contributed by atoms with E-state index in [4.69, 9.17) is 4.74 Å². The zero-order valence-electron chi connectivity index (χ0n) is 25.7. The molecular formula is C32H45N3O7. The van der Waals surface area contributed by atoms with Gasteiger partial charge >= 0.3 is 12.1 Å². The van der Waals surface area contributed by atoms with Crippen LogP contribution < -0.4 is 10.6 Å². The van der Waals surface area contributed by atoms with Crippen molar-refractivity contribution in [3.63, 3.8) is 0 Å². The van der Waals surface area contributed by atoms with Crippen molar-refractivity contribution < 1.29 is 33.8 Å². The van der Waals surface area contributed by atoms with Crippen molar-refractivity contribution in [2.45, 2.75) is 84.5 Å². The summed E-state index contributed by atoms with van der Waals surface area (Å²) in [7, 11) is 1.23. The lowest BCUT2D eigenvalue weighted by Crippen LogP contribution is -2.56. The lowest BCUT2D eigenvalue weighted by Gasteiger charge is -2.39. The van der Waals surface area contributed by atoms with Gasteiger partial charge in [0.2, 0.25) is 11.8 Å². The van der Waals surface area contributed by atoms with Gasteiger partial charge in [-0.05, 0) is 69.7 Å².